The van der Waals surface area contributed by atoms with E-state index in [1.54, 1.807) is 6.92 Å². The molecule has 176 valence electrons. The van der Waals surface area contributed by atoms with Crippen LogP contribution in [-0.4, -0.2) is 27.7 Å². The van der Waals surface area contributed by atoms with Crippen molar-refractivity contribution in [2.45, 2.75) is 19.3 Å². The second-order valence-corrected chi connectivity index (χ2v) is 8.46. The van der Waals surface area contributed by atoms with Gasteiger partial charge in [-0.2, -0.15) is 0 Å². The summed E-state index contributed by atoms with van der Waals surface area (Å²) in [6.45, 7) is 1.57. The van der Waals surface area contributed by atoms with Gasteiger partial charge in [0, 0.05) is 17.0 Å². The van der Waals surface area contributed by atoms with E-state index >= 15 is 4.39 Å². The fraction of sp³-hybridized carbons (Fsp3) is 0.174. The van der Waals surface area contributed by atoms with E-state index in [1.165, 1.54) is 24.6 Å². The Morgan fingerprint density at radius 3 is 2.47 bits per heavy atom. The Hall–Kier alpha value is -3.86. The molecule has 0 aliphatic heterocycles. The Morgan fingerprint density at radius 2 is 1.85 bits per heavy atom. The number of carboxylic acid groups (broad SMARTS) is 1. The van der Waals surface area contributed by atoms with Crippen molar-refractivity contribution in [3.8, 4) is 11.4 Å². The van der Waals surface area contributed by atoms with Crippen LogP contribution in [0.4, 0.5) is 13.2 Å². The van der Waals surface area contributed by atoms with Crippen molar-refractivity contribution in [1.82, 2.24) is 9.55 Å². The lowest BCUT2D eigenvalue weighted by molar-refractivity contribution is 0.0704. The number of methoxy groups -OCH3 is 1. The number of thiophene rings is 1. The number of aromatic amines is 1. The van der Waals surface area contributed by atoms with Gasteiger partial charge in [-0.15, -0.1) is 11.3 Å². The Kier molecular flexibility index (Phi) is 6.05. The zero-order chi connectivity index (χ0) is 24.7. The van der Waals surface area contributed by atoms with E-state index in [-0.39, 0.29) is 39.1 Å². The maximum Gasteiger partial charge on any atom is 0.346 e. The highest BCUT2D eigenvalue weighted by Gasteiger charge is 2.23. The van der Waals surface area contributed by atoms with Crippen LogP contribution in [0.3, 0.4) is 0 Å². The molecule has 0 saturated heterocycles. The zero-order valence-corrected chi connectivity index (χ0v) is 18.6. The molecule has 2 aromatic heterocycles. The van der Waals surface area contributed by atoms with E-state index < -0.39 is 46.3 Å². The van der Waals surface area contributed by atoms with Gasteiger partial charge in [-0.25, -0.2) is 27.3 Å². The summed E-state index contributed by atoms with van der Waals surface area (Å²) in [6, 6.07) is 5.62. The van der Waals surface area contributed by atoms with Crippen molar-refractivity contribution in [1.29, 1.82) is 0 Å². The number of ether oxygens (including phenoxy) is 1. The van der Waals surface area contributed by atoms with Gasteiger partial charge in [0.05, 0.1) is 23.7 Å². The van der Waals surface area contributed by atoms with Crippen molar-refractivity contribution < 1.29 is 27.8 Å². The minimum absolute atomic E-state index is 0.0119. The highest BCUT2D eigenvalue weighted by molar-refractivity contribution is 7.13. The Bertz CT molecular complexity index is 1540. The lowest BCUT2D eigenvalue weighted by atomic mass is 9.92. The number of nitrogens with zero attached hydrogens (tertiary/aromatic N) is 1. The van der Waals surface area contributed by atoms with Gasteiger partial charge in [-0.3, -0.25) is 4.79 Å². The van der Waals surface area contributed by atoms with Crippen LogP contribution >= 0.6 is 11.3 Å². The van der Waals surface area contributed by atoms with Crippen LogP contribution in [0.25, 0.3) is 16.6 Å². The van der Waals surface area contributed by atoms with Gasteiger partial charge < -0.3 is 14.8 Å². The number of aromatic nitrogens is 2. The van der Waals surface area contributed by atoms with E-state index in [0.717, 1.165) is 29.5 Å². The number of benzene rings is 2. The lowest BCUT2D eigenvalue weighted by Crippen LogP contribution is -2.34. The minimum atomic E-state index is -1.37. The molecule has 7 nitrogen and oxygen atoms in total. The summed E-state index contributed by atoms with van der Waals surface area (Å²) in [6.07, 6.45) is -0.0119. The summed E-state index contributed by atoms with van der Waals surface area (Å²) in [5.41, 5.74) is -2.31. The maximum absolute atomic E-state index is 15.0. The summed E-state index contributed by atoms with van der Waals surface area (Å²) < 4.78 is 49.2. The second-order valence-electron chi connectivity index (χ2n) is 7.59. The Balaban J connectivity index is 1.90. The average molecular weight is 490 g/mol. The van der Waals surface area contributed by atoms with Crippen LogP contribution in [0.15, 0.2) is 45.3 Å². The summed E-state index contributed by atoms with van der Waals surface area (Å²) in [5.74, 6) is -4.49. The molecule has 1 unspecified atom stereocenters. The van der Waals surface area contributed by atoms with Crippen LogP contribution < -0.4 is 16.0 Å². The van der Waals surface area contributed by atoms with Gasteiger partial charge in [0.2, 0.25) is 0 Å². The Morgan fingerprint density at radius 1 is 1.18 bits per heavy atom. The topological polar surface area (TPSA) is 101 Å². The van der Waals surface area contributed by atoms with E-state index in [1.807, 2.05) is 0 Å². The molecule has 0 aliphatic rings. The first kappa shape index (κ1) is 23.3. The Labute approximate surface area is 193 Å². The zero-order valence-electron chi connectivity index (χ0n) is 17.8. The number of hydrogen-bond donors (Lipinski definition) is 2. The number of nitrogens with one attached hydrogen (secondary N) is 1. The monoisotopic (exact) mass is 490 g/mol. The predicted molar refractivity (Wildman–Crippen MR) is 120 cm³/mol. The van der Waals surface area contributed by atoms with E-state index in [2.05, 4.69) is 4.98 Å². The first-order chi connectivity index (χ1) is 16.1. The van der Waals surface area contributed by atoms with Gasteiger partial charge in [0.25, 0.3) is 5.56 Å². The third kappa shape index (κ3) is 3.87. The largest absolute Gasteiger partial charge is 0.496 e. The first-order valence-electron chi connectivity index (χ1n) is 9.94. The first-order valence-corrected chi connectivity index (χ1v) is 10.8. The third-order valence-electron chi connectivity index (χ3n) is 5.46. The number of fused-ring (bicyclic) bond motifs is 1. The number of halogens is 3. The summed E-state index contributed by atoms with van der Waals surface area (Å²) >= 11 is 0.752. The number of aromatic carboxylic acids is 1. The van der Waals surface area contributed by atoms with Gasteiger partial charge in [-0.05, 0) is 36.1 Å². The average Bonchev–Trinajstić information content (AvgIpc) is 3.19. The molecule has 1 atom stereocenters. The van der Waals surface area contributed by atoms with Crippen LogP contribution in [0, 0.1) is 17.5 Å². The molecule has 0 radical (unpaired) electrons. The number of H-pyrrole nitrogens is 1. The maximum atomic E-state index is 15.0. The van der Waals surface area contributed by atoms with Gasteiger partial charge >= 0.3 is 11.7 Å². The molecule has 2 N–H and O–H groups in total. The van der Waals surface area contributed by atoms with Gasteiger partial charge in [-0.1, -0.05) is 13.0 Å². The molecule has 0 fully saturated rings. The molecule has 2 heterocycles. The van der Waals surface area contributed by atoms with E-state index in [0.29, 0.717) is 4.57 Å². The molecular weight excluding hydrogens is 473 g/mol. The quantitative estimate of drug-likeness (QED) is 0.422. The van der Waals surface area contributed by atoms with Crippen molar-refractivity contribution in [3.63, 3.8) is 0 Å². The van der Waals surface area contributed by atoms with E-state index in [4.69, 9.17) is 4.74 Å². The molecule has 2 aromatic carbocycles. The number of carbonyl (C=O) groups is 1. The molecular formula is C23H17F3N2O5S. The number of rotatable bonds is 6. The van der Waals surface area contributed by atoms with Crippen molar-refractivity contribution in [2.75, 3.05) is 7.11 Å². The van der Waals surface area contributed by atoms with Crippen molar-refractivity contribution in [3.05, 3.63) is 90.0 Å². The SMILES string of the molecule is COc1cc(F)c(-n2c(=O)[nH]c3csc(C(=O)O)c3c2=O)cc1CC(C)c1c(F)cccc1F. The molecule has 4 aromatic rings. The van der Waals surface area contributed by atoms with Crippen LogP contribution in [0.2, 0.25) is 0 Å². The highest BCUT2D eigenvalue weighted by atomic mass is 32.1. The smallest absolute Gasteiger partial charge is 0.346 e. The van der Waals surface area contributed by atoms with Crippen LogP contribution in [0.1, 0.15) is 33.6 Å². The highest BCUT2D eigenvalue weighted by Crippen LogP contribution is 2.32. The van der Waals surface area contributed by atoms with Crippen molar-refractivity contribution in [2.24, 2.45) is 0 Å². The lowest BCUT2D eigenvalue weighted by Gasteiger charge is -2.18. The minimum Gasteiger partial charge on any atom is -0.496 e. The molecule has 0 amide bonds. The van der Waals surface area contributed by atoms with Crippen molar-refractivity contribution >= 4 is 28.2 Å². The summed E-state index contributed by atoms with van der Waals surface area (Å²) in [7, 11) is 1.28. The molecule has 0 bridgehead atoms. The van der Waals surface area contributed by atoms with Gasteiger partial charge in [0.15, 0.2) is 5.82 Å². The normalized spacial score (nSPS) is 12.1. The summed E-state index contributed by atoms with van der Waals surface area (Å²) in [5, 5.41) is 10.4. The molecule has 0 aliphatic carbocycles. The predicted octanol–water partition coefficient (Wildman–Crippen LogP) is 4.21. The summed E-state index contributed by atoms with van der Waals surface area (Å²) in [4.78, 5) is 39.3. The third-order valence-corrected chi connectivity index (χ3v) is 6.42. The number of carboxylic acids is 1. The molecule has 11 heteroatoms. The standard InChI is InChI=1S/C23H17F3N2O5S/c1-10(18-12(24)4-3-5-13(18)25)6-11-7-16(14(26)8-17(11)33-2)28-21(29)19-15(27-23(28)32)9-34-20(19)22(30)31/h3-5,7-10H,6H2,1-2H3,(H,27,32)(H,30,31). The van der Waals surface area contributed by atoms with Crippen LogP contribution in [0.5, 0.6) is 5.75 Å². The molecule has 4 rings (SSSR count). The fourth-order valence-corrected chi connectivity index (χ4v) is 4.76. The van der Waals surface area contributed by atoms with Crippen LogP contribution in [-0.2, 0) is 6.42 Å². The molecule has 34 heavy (non-hydrogen) atoms. The van der Waals surface area contributed by atoms with Gasteiger partial charge in [0.1, 0.15) is 22.3 Å². The van der Waals surface area contributed by atoms with E-state index in [9.17, 15) is 28.3 Å². The molecule has 0 saturated carbocycles. The molecule has 0 spiro atoms. The fourth-order valence-electron chi connectivity index (χ4n) is 3.93. The number of hydrogen-bond acceptors (Lipinski definition) is 5. The second kappa shape index (κ2) is 8.82.